The summed E-state index contributed by atoms with van der Waals surface area (Å²) < 4.78 is 7.19. The van der Waals surface area contributed by atoms with Crippen molar-refractivity contribution in [1.82, 2.24) is 35.2 Å². The number of piperazine rings is 1. The summed E-state index contributed by atoms with van der Waals surface area (Å²) >= 11 is 0. The maximum absolute atomic E-state index is 5.43. The molecule has 158 valence electrons. The number of nitrogens with zero attached hydrogens (tertiary/aromatic N) is 7. The summed E-state index contributed by atoms with van der Waals surface area (Å²) in [7, 11) is 1.88. The first-order valence-electron chi connectivity index (χ1n) is 10.4. The van der Waals surface area contributed by atoms with Crippen molar-refractivity contribution in [1.29, 1.82) is 0 Å². The van der Waals surface area contributed by atoms with E-state index >= 15 is 0 Å². The number of anilines is 1. The SMILES string of the molecule is Cc1ccc(-c2noc(-c3nc(Cc4ccnc(N5CCNCC5)c4)n(C)n3)n2)cc1. The monoisotopic (exact) mass is 416 g/mol. The third-order valence-corrected chi connectivity index (χ3v) is 5.39. The lowest BCUT2D eigenvalue weighted by molar-refractivity contribution is 0.429. The zero-order chi connectivity index (χ0) is 21.2. The summed E-state index contributed by atoms with van der Waals surface area (Å²) in [6, 6.07) is 12.1. The topological polar surface area (TPSA) is 97.8 Å². The van der Waals surface area contributed by atoms with Crippen LogP contribution in [0.5, 0.6) is 0 Å². The molecule has 9 nitrogen and oxygen atoms in total. The summed E-state index contributed by atoms with van der Waals surface area (Å²) in [5, 5.41) is 11.9. The molecular weight excluding hydrogens is 392 g/mol. The molecule has 0 atom stereocenters. The molecule has 4 heterocycles. The van der Waals surface area contributed by atoms with Gasteiger partial charge in [-0.1, -0.05) is 35.0 Å². The van der Waals surface area contributed by atoms with E-state index < -0.39 is 0 Å². The van der Waals surface area contributed by atoms with Crippen molar-refractivity contribution in [2.24, 2.45) is 7.05 Å². The van der Waals surface area contributed by atoms with Gasteiger partial charge in [0.1, 0.15) is 11.6 Å². The molecule has 1 saturated heterocycles. The van der Waals surface area contributed by atoms with Gasteiger partial charge >= 0.3 is 0 Å². The van der Waals surface area contributed by atoms with Crippen LogP contribution in [0, 0.1) is 6.92 Å². The third-order valence-electron chi connectivity index (χ3n) is 5.39. The lowest BCUT2D eigenvalue weighted by atomic mass is 10.1. The Morgan fingerprint density at radius 1 is 1.03 bits per heavy atom. The highest BCUT2D eigenvalue weighted by Crippen LogP contribution is 2.22. The van der Waals surface area contributed by atoms with Crippen LogP contribution in [0.25, 0.3) is 23.1 Å². The summed E-state index contributed by atoms with van der Waals surface area (Å²) in [6.07, 6.45) is 2.50. The zero-order valence-corrected chi connectivity index (χ0v) is 17.6. The molecule has 0 amide bonds. The predicted molar refractivity (Wildman–Crippen MR) is 117 cm³/mol. The molecule has 31 heavy (non-hydrogen) atoms. The molecule has 0 spiro atoms. The first-order valence-corrected chi connectivity index (χ1v) is 10.4. The standard InChI is InChI=1S/C22H24N8O/c1-15-3-5-17(6-4-15)20-26-22(31-28-20)21-25-19(29(2)27-21)14-16-7-8-24-18(13-16)30-11-9-23-10-12-30/h3-8,13,23H,9-12,14H2,1-2H3. The van der Waals surface area contributed by atoms with E-state index in [1.807, 2.05) is 50.5 Å². The first-order chi connectivity index (χ1) is 15.2. The van der Waals surface area contributed by atoms with Crippen molar-refractivity contribution in [3.63, 3.8) is 0 Å². The van der Waals surface area contributed by atoms with Crippen LogP contribution < -0.4 is 10.2 Å². The molecule has 9 heteroatoms. The normalized spacial score (nSPS) is 14.2. The van der Waals surface area contributed by atoms with E-state index in [1.54, 1.807) is 4.68 Å². The van der Waals surface area contributed by atoms with Crippen LogP contribution in [0.2, 0.25) is 0 Å². The Kier molecular flexibility index (Phi) is 5.17. The van der Waals surface area contributed by atoms with Gasteiger partial charge in [0, 0.05) is 51.4 Å². The minimum atomic E-state index is 0.314. The third kappa shape index (κ3) is 4.17. The van der Waals surface area contributed by atoms with E-state index in [4.69, 9.17) is 4.52 Å². The second-order valence-corrected chi connectivity index (χ2v) is 7.70. The molecule has 0 aliphatic carbocycles. The van der Waals surface area contributed by atoms with Crippen molar-refractivity contribution >= 4 is 5.82 Å². The Hall–Kier alpha value is -3.59. The molecule has 4 aromatic rings. The molecular formula is C22H24N8O. The van der Waals surface area contributed by atoms with Crippen LogP contribution in [0.3, 0.4) is 0 Å². The lowest BCUT2D eigenvalue weighted by Gasteiger charge is -2.28. The fraction of sp³-hybridized carbons (Fsp3) is 0.318. The largest absolute Gasteiger partial charge is 0.354 e. The highest BCUT2D eigenvalue weighted by Gasteiger charge is 2.18. The van der Waals surface area contributed by atoms with Crippen LogP contribution in [0.1, 0.15) is 17.0 Å². The van der Waals surface area contributed by atoms with Crippen LogP contribution in [0.15, 0.2) is 47.1 Å². The number of hydrogen-bond donors (Lipinski definition) is 1. The molecule has 3 aromatic heterocycles. The predicted octanol–water partition coefficient (Wildman–Crippen LogP) is 2.24. The maximum Gasteiger partial charge on any atom is 0.297 e. The van der Waals surface area contributed by atoms with E-state index in [2.05, 4.69) is 41.5 Å². The van der Waals surface area contributed by atoms with Gasteiger partial charge in [-0.05, 0) is 24.6 Å². The molecule has 1 aliphatic rings. The van der Waals surface area contributed by atoms with Crippen molar-refractivity contribution in [3.8, 4) is 23.1 Å². The average Bonchev–Trinajstić information content (AvgIpc) is 3.43. The van der Waals surface area contributed by atoms with Crippen LogP contribution in [0.4, 0.5) is 5.82 Å². The number of aryl methyl sites for hydroxylation is 2. The van der Waals surface area contributed by atoms with Gasteiger partial charge in [0.2, 0.25) is 11.6 Å². The van der Waals surface area contributed by atoms with Crippen molar-refractivity contribution in [2.45, 2.75) is 13.3 Å². The molecule has 1 aliphatic heterocycles. The van der Waals surface area contributed by atoms with Gasteiger partial charge in [0.25, 0.3) is 5.89 Å². The van der Waals surface area contributed by atoms with E-state index in [-0.39, 0.29) is 0 Å². The first kappa shape index (κ1) is 19.4. The molecule has 1 aromatic carbocycles. The van der Waals surface area contributed by atoms with Gasteiger partial charge in [-0.15, -0.1) is 5.10 Å². The fourth-order valence-corrected chi connectivity index (χ4v) is 3.62. The number of aromatic nitrogens is 6. The van der Waals surface area contributed by atoms with Gasteiger partial charge in [0.05, 0.1) is 0 Å². The molecule has 1 N–H and O–H groups in total. The smallest absolute Gasteiger partial charge is 0.297 e. The number of pyridine rings is 1. The summed E-state index contributed by atoms with van der Waals surface area (Å²) in [6.45, 7) is 5.93. The zero-order valence-electron chi connectivity index (χ0n) is 17.6. The molecule has 1 fully saturated rings. The van der Waals surface area contributed by atoms with Crippen LogP contribution in [-0.2, 0) is 13.5 Å². The minimum Gasteiger partial charge on any atom is -0.354 e. The van der Waals surface area contributed by atoms with E-state index in [0.717, 1.165) is 48.9 Å². The second-order valence-electron chi connectivity index (χ2n) is 7.70. The molecule has 5 rings (SSSR count). The Bertz CT molecular complexity index is 1170. The van der Waals surface area contributed by atoms with Gasteiger partial charge in [-0.3, -0.25) is 4.68 Å². The molecule has 0 saturated carbocycles. The van der Waals surface area contributed by atoms with Crippen molar-refractivity contribution in [2.75, 3.05) is 31.1 Å². The van der Waals surface area contributed by atoms with Crippen molar-refractivity contribution < 1.29 is 4.52 Å². The van der Waals surface area contributed by atoms with Crippen molar-refractivity contribution in [3.05, 3.63) is 59.5 Å². The number of nitrogens with one attached hydrogen (secondary N) is 1. The highest BCUT2D eigenvalue weighted by molar-refractivity contribution is 5.57. The highest BCUT2D eigenvalue weighted by atomic mass is 16.5. The number of hydrogen-bond acceptors (Lipinski definition) is 8. The summed E-state index contributed by atoms with van der Waals surface area (Å²) in [4.78, 5) is 16.0. The molecule has 0 radical (unpaired) electrons. The Balaban J connectivity index is 1.35. The van der Waals surface area contributed by atoms with E-state index in [9.17, 15) is 0 Å². The summed E-state index contributed by atoms with van der Waals surface area (Å²) in [5.41, 5.74) is 3.21. The lowest BCUT2D eigenvalue weighted by Crippen LogP contribution is -2.43. The Morgan fingerprint density at radius 2 is 1.84 bits per heavy atom. The number of benzene rings is 1. The second kappa shape index (κ2) is 8.27. The van der Waals surface area contributed by atoms with E-state index in [0.29, 0.717) is 24.0 Å². The van der Waals surface area contributed by atoms with Gasteiger partial charge in [0.15, 0.2) is 0 Å². The van der Waals surface area contributed by atoms with Crippen LogP contribution >= 0.6 is 0 Å². The molecule has 0 unspecified atom stereocenters. The minimum absolute atomic E-state index is 0.314. The quantitative estimate of drug-likeness (QED) is 0.529. The van der Waals surface area contributed by atoms with Crippen LogP contribution in [-0.4, -0.2) is 56.1 Å². The average molecular weight is 416 g/mol. The van der Waals surface area contributed by atoms with Gasteiger partial charge in [-0.2, -0.15) is 4.98 Å². The number of rotatable bonds is 5. The fourth-order valence-electron chi connectivity index (χ4n) is 3.62. The van der Waals surface area contributed by atoms with Gasteiger partial charge in [-0.25, -0.2) is 9.97 Å². The molecule has 0 bridgehead atoms. The van der Waals surface area contributed by atoms with E-state index in [1.165, 1.54) is 5.56 Å². The Labute approximate surface area is 180 Å². The maximum atomic E-state index is 5.43. The van der Waals surface area contributed by atoms with Gasteiger partial charge < -0.3 is 14.7 Å². The summed E-state index contributed by atoms with van der Waals surface area (Å²) in [5.74, 6) is 3.09. The Morgan fingerprint density at radius 3 is 2.65 bits per heavy atom.